The fourth-order valence-electron chi connectivity index (χ4n) is 2.12. The highest BCUT2D eigenvalue weighted by molar-refractivity contribution is 5.94. The van der Waals surface area contributed by atoms with Gasteiger partial charge < -0.3 is 9.72 Å². The number of imidazole rings is 1. The number of nitrogens with zero attached hydrogens (tertiary/aromatic N) is 1. The van der Waals surface area contributed by atoms with Crippen LogP contribution in [-0.4, -0.2) is 22.5 Å². The Bertz CT molecular complexity index is 811. The summed E-state index contributed by atoms with van der Waals surface area (Å²) in [5.74, 6) is -0.132. The Morgan fingerprint density at radius 1 is 1.29 bits per heavy atom. The second kappa shape index (κ2) is 5.36. The standard InChI is InChI=1S/C16H13FN2O2/c1-2-21-16(20)11-6-7-13-14(9-11)19-15(18-13)10-4-3-5-12(17)8-10/h3-9H,2H2,1H3,(H,18,19). The number of carbonyl (C=O) groups excluding carboxylic acids is 1. The van der Waals surface area contributed by atoms with Crippen LogP contribution in [0.4, 0.5) is 4.39 Å². The summed E-state index contributed by atoms with van der Waals surface area (Å²) >= 11 is 0. The van der Waals surface area contributed by atoms with Crippen molar-refractivity contribution in [1.29, 1.82) is 0 Å². The first-order valence-corrected chi connectivity index (χ1v) is 6.60. The van der Waals surface area contributed by atoms with E-state index in [1.54, 1.807) is 37.3 Å². The maximum Gasteiger partial charge on any atom is 0.338 e. The quantitative estimate of drug-likeness (QED) is 0.748. The maximum atomic E-state index is 13.3. The second-order valence-electron chi connectivity index (χ2n) is 4.55. The summed E-state index contributed by atoms with van der Waals surface area (Å²) in [5.41, 5.74) is 2.53. The van der Waals surface area contributed by atoms with Gasteiger partial charge in [0.2, 0.25) is 0 Å². The minimum absolute atomic E-state index is 0.319. The third-order valence-electron chi connectivity index (χ3n) is 3.09. The first kappa shape index (κ1) is 13.3. The number of ether oxygens (including phenoxy) is 1. The third kappa shape index (κ3) is 2.63. The first-order chi connectivity index (χ1) is 10.2. The maximum absolute atomic E-state index is 13.3. The monoisotopic (exact) mass is 284 g/mol. The molecule has 21 heavy (non-hydrogen) atoms. The first-order valence-electron chi connectivity index (χ1n) is 6.60. The lowest BCUT2D eigenvalue weighted by atomic mass is 10.2. The van der Waals surface area contributed by atoms with Gasteiger partial charge in [-0.3, -0.25) is 0 Å². The highest BCUT2D eigenvalue weighted by Crippen LogP contribution is 2.22. The van der Waals surface area contributed by atoms with Crippen molar-refractivity contribution >= 4 is 17.0 Å². The number of rotatable bonds is 3. The molecule has 0 aliphatic carbocycles. The van der Waals surface area contributed by atoms with Crippen LogP contribution in [0.3, 0.4) is 0 Å². The zero-order chi connectivity index (χ0) is 14.8. The van der Waals surface area contributed by atoms with Crippen LogP contribution in [0, 0.1) is 5.82 Å². The molecule has 1 heterocycles. The molecule has 0 saturated heterocycles. The van der Waals surface area contributed by atoms with E-state index in [0.717, 1.165) is 0 Å². The molecule has 0 amide bonds. The number of H-pyrrole nitrogens is 1. The van der Waals surface area contributed by atoms with E-state index < -0.39 is 0 Å². The highest BCUT2D eigenvalue weighted by atomic mass is 19.1. The number of nitrogens with one attached hydrogen (secondary N) is 1. The van der Waals surface area contributed by atoms with Crippen LogP contribution in [0.25, 0.3) is 22.4 Å². The summed E-state index contributed by atoms with van der Waals surface area (Å²) in [7, 11) is 0. The molecule has 0 saturated carbocycles. The van der Waals surface area contributed by atoms with Gasteiger partial charge in [0.15, 0.2) is 0 Å². The van der Waals surface area contributed by atoms with Crippen LogP contribution in [0.15, 0.2) is 42.5 Å². The van der Waals surface area contributed by atoms with Gasteiger partial charge in [-0.05, 0) is 37.3 Å². The lowest BCUT2D eigenvalue weighted by molar-refractivity contribution is 0.0526. The van der Waals surface area contributed by atoms with Crippen molar-refractivity contribution in [2.24, 2.45) is 0 Å². The summed E-state index contributed by atoms with van der Waals surface area (Å²) < 4.78 is 18.2. The van der Waals surface area contributed by atoms with Crippen molar-refractivity contribution < 1.29 is 13.9 Å². The van der Waals surface area contributed by atoms with Crippen LogP contribution in [0.5, 0.6) is 0 Å². The SMILES string of the molecule is CCOC(=O)c1ccc2nc(-c3cccc(F)c3)[nH]c2c1. The summed E-state index contributed by atoms with van der Waals surface area (Å²) in [5, 5.41) is 0. The number of halogens is 1. The topological polar surface area (TPSA) is 55.0 Å². The van der Waals surface area contributed by atoms with E-state index in [4.69, 9.17) is 4.74 Å². The Kier molecular flexibility index (Phi) is 3.39. The lowest BCUT2D eigenvalue weighted by Gasteiger charge is -2.00. The number of hydrogen-bond acceptors (Lipinski definition) is 3. The number of aromatic nitrogens is 2. The van der Waals surface area contributed by atoms with Gasteiger partial charge in [-0.1, -0.05) is 12.1 Å². The van der Waals surface area contributed by atoms with Gasteiger partial charge in [0, 0.05) is 5.56 Å². The zero-order valence-electron chi connectivity index (χ0n) is 11.4. The minimum Gasteiger partial charge on any atom is -0.462 e. The van der Waals surface area contributed by atoms with Gasteiger partial charge in [-0.25, -0.2) is 14.2 Å². The number of esters is 1. The summed E-state index contributed by atoms with van der Waals surface area (Å²) in [4.78, 5) is 19.2. The molecule has 0 atom stereocenters. The predicted octanol–water partition coefficient (Wildman–Crippen LogP) is 3.55. The Morgan fingerprint density at radius 2 is 2.14 bits per heavy atom. The lowest BCUT2D eigenvalue weighted by Crippen LogP contribution is -2.04. The van der Waals surface area contributed by atoms with Gasteiger partial charge in [0.25, 0.3) is 0 Å². The minimum atomic E-state index is -0.374. The summed E-state index contributed by atoms with van der Waals surface area (Å²) in [6.45, 7) is 2.09. The van der Waals surface area contributed by atoms with Gasteiger partial charge in [-0.15, -0.1) is 0 Å². The third-order valence-corrected chi connectivity index (χ3v) is 3.09. The molecule has 0 unspecified atom stereocenters. The fraction of sp³-hybridized carbons (Fsp3) is 0.125. The van der Waals surface area contributed by atoms with Crippen molar-refractivity contribution in [3.05, 3.63) is 53.8 Å². The average molecular weight is 284 g/mol. The van der Waals surface area contributed by atoms with Crippen molar-refractivity contribution in [1.82, 2.24) is 9.97 Å². The molecule has 0 fully saturated rings. The molecule has 5 heteroatoms. The van der Waals surface area contributed by atoms with Crippen LogP contribution in [0.2, 0.25) is 0 Å². The number of fused-ring (bicyclic) bond motifs is 1. The van der Waals surface area contributed by atoms with E-state index in [1.807, 2.05) is 0 Å². The van der Waals surface area contributed by atoms with Gasteiger partial charge in [-0.2, -0.15) is 0 Å². The predicted molar refractivity (Wildman–Crippen MR) is 77.4 cm³/mol. The van der Waals surface area contributed by atoms with Crippen molar-refractivity contribution in [3.8, 4) is 11.4 Å². The van der Waals surface area contributed by atoms with Gasteiger partial charge in [0.1, 0.15) is 11.6 Å². The van der Waals surface area contributed by atoms with Crippen LogP contribution in [-0.2, 0) is 4.74 Å². The molecule has 2 aromatic carbocycles. The molecule has 0 radical (unpaired) electrons. The highest BCUT2D eigenvalue weighted by Gasteiger charge is 2.10. The van der Waals surface area contributed by atoms with Gasteiger partial charge in [0.05, 0.1) is 23.2 Å². The molecule has 1 aromatic heterocycles. The van der Waals surface area contributed by atoms with E-state index in [9.17, 15) is 9.18 Å². The smallest absolute Gasteiger partial charge is 0.338 e. The second-order valence-corrected chi connectivity index (χ2v) is 4.55. The van der Waals surface area contributed by atoms with E-state index in [-0.39, 0.29) is 11.8 Å². The van der Waals surface area contributed by atoms with Crippen LogP contribution < -0.4 is 0 Å². The molecule has 3 aromatic rings. The largest absolute Gasteiger partial charge is 0.462 e. The van der Waals surface area contributed by atoms with Crippen molar-refractivity contribution in [2.45, 2.75) is 6.92 Å². The Morgan fingerprint density at radius 3 is 2.90 bits per heavy atom. The van der Waals surface area contributed by atoms with E-state index in [1.165, 1.54) is 12.1 Å². The summed E-state index contributed by atoms with van der Waals surface area (Å²) in [6, 6.07) is 11.3. The number of aromatic amines is 1. The van der Waals surface area contributed by atoms with Crippen molar-refractivity contribution in [2.75, 3.05) is 6.61 Å². The normalized spacial score (nSPS) is 10.8. The molecule has 0 bridgehead atoms. The average Bonchev–Trinajstić information content (AvgIpc) is 2.90. The number of benzene rings is 2. The van der Waals surface area contributed by atoms with Crippen molar-refractivity contribution in [3.63, 3.8) is 0 Å². The molecule has 0 spiro atoms. The molecule has 3 rings (SSSR count). The Labute approximate surface area is 120 Å². The summed E-state index contributed by atoms with van der Waals surface area (Å²) in [6.07, 6.45) is 0. The molecule has 0 aliphatic rings. The fourth-order valence-corrected chi connectivity index (χ4v) is 2.12. The Hall–Kier alpha value is -2.69. The zero-order valence-corrected chi connectivity index (χ0v) is 11.4. The Balaban J connectivity index is 2.02. The molecule has 4 nitrogen and oxygen atoms in total. The van der Waals surface area contributed by atoms with E-state index >= 15 is 0 Å². The van der Waals surface area contributed by atoms with Crippen LogP contribution >= 0.6 is 0 Å². The van der Waals surface area contributed by atoms with E-state index in [0.29, 0.717) is 34.6 Å². The molecular formula is C16H13FN2O2. The van der Waals surface area contributed by atoms with Crippen LogP contribution in [0.1, 0.15) is 17.3 Å². The number of carbonyl (C=O) groups is 1. The molecule has 106 valence electrons. The molecule has 0 aliphatic heterocycles. The van der Waals surface area contributed by atoms with E-state index in [2.05, 4.69) is 9.97 Å². The molecular weight excluding hydrogens is 271 g/mol. The molecule has 1 N–H and O–H groups in total. The number of hydrogen-bond donors (Lipinski definition) is 1. The van der Waals surface area contributed by atoms with Gasteiger partial charge >= 0.3 is 5.97 Å².